The number of rotatable bonds is 5. The molecule has 2 N–H and O–H groups in total. The van der Waals surface area contributed by atoms with E-state index in [0.29, 0.717) is 15.9 Å². The average molecular weight is 393 g/mol. The zero-order chi connectivity index (χ0) is 17.6. The second kappa shape index (κ2) is 8.16. The van der Waals surface area contributed by atoms with E-state index < -0.39 is 0 Å². The zero-order valence-electron chi connectivity index (χ0n) is 12.7. The Morgan fingerprint density at radius 2 is 1.68 bits per heavy atom. The monoisotopic (exact) mass is 391 g/mol. The first-order valence-corrected chi connectivity index (χ1v) is 8.34. The van der Waals surface area contributed by atoms with Gasteiger partial charge in [-0.1, -0.05) is 53.0 Å². The number of nitrogens with one attached hydrogen (secondary N) is 2. The Hall–Kier alpha value is -2.34. The normalized spacial score (nSPS) is 10.8. The molecule has 0 atom stereocenters. The van der Waals surface area contributed by atoms with Crippen LogP contribution >= 0.6 is 34.8 Å². The van der Waals surface area contributed by atoms with Crippen molar-refractivity contribution in [1.29, 1.82) is 0 Å². The van der Waals surface area contributed by atoms with Gasteiger partial charge in [0.2, 0.25) is 5.95 Å². The molecule has 0 fully saturated rings. The van der Waals surface area contributed by atoms with Crippen molar-refractivity contribution in [2.75, 3.05) is 10.7 Å². The fourth-order valence-corrected chi connectivity index (χ4v) is 2.46. The first-order chi connectivity index (χ1) is 12.1. The second-order valence-electron chi connectivity index (χ2n) is 4.96. The van der Waals surface area contributed by atoms with E-state index in [9.17, 15) is 0 Å². The van der Waals surface area contributed by atoms with Crippen LogP contribution in [0.15, 0.2) is 59.7 Å². The Bertz CT molecular complexity index is 897. The first-order valence-electron chi connectivity index (χ1n) is 7.20. The zero-order valence-corrected chi connectivity index (χ0v) is 15.0. The fourth-order valence-electron chi connectivity index (χ4n) is 1.96. The summed E-state index contributed by atoms with van der Waals surface area (Å²) in [6.45, 7) is 0. The lowest BCUT2D eigenvalue weighted by Gasteiger charge is -2.07. The standard InChI is InChI=1S/C17H12Cl3N5/c18-12-6-4-11(5-7-12)10-21-25-17-23-15(20)9-16(24-17)22-14-3-1-2-13(19)8-14/h1-10H,(H2,22,23,24,25)/b21-10+. The molecular formula is C17H12Cl3N5. The van der Waals surface area contributed by atoms with Gasteiger partial charge in [0.25, 0.3) is 0 Å². The Balaban J connectivity index is 1.71. The predicted molar refractivity (Wildman–Crippen MR) is 104 cm³/mol. The van der Waals surface area contributed by atoms with Crippen molar-refractivity contribution in [3.05, 3.63) is 75.4 Å². The quantitative estimate of drug-likeness (QED) is 0.336. The molecule has 0 amide bonds. The Morgan fingerprint density at radius 1 is 0.880 bits per heavy atom. The van der Waals surface area contributed by atoms with Crippen LogP contribution in [0.3, 0.4) is 0 Å². The highest BCUT2D eigenvalue weighted by molar-refractivity contribution is 6.31. The van der Waals surface area contributed by atoms with Gasteiger partial charge in [-0.3, -0.25) is 0 Å². The molecule has 0 saturated carbocycles. The van der Waals surface area contributed by atoms with E-state index in [1.54, 1.807) is 36.5 Å². The van der Waals surface area contributed by atoms with Gasteiger partial charge >= 0.3 is 0 Å². The summed E-state index contributed by atoms with van der Waals surface area (Å²) >= 11 is 17.9. The Labute approximate surface area is 159 Å². The molecule has 126 valence electrons. The van der Waals surface area contributed by atoms with E-state index in [0.717, 1.165) is 11.3 Å². The first kappa shape index (κ1) is 17.5. The van der Waals surface area contributed by atoms with Gasteiger partial charge in [0.05, 0.1) is 6.21 Å². The van der Waals surface area contributed by atoms with Gasteiger partial charge in [-0.2, -0.15) is 15.1 Å². The van der Waals surface area contributed by atoms with Crippen molar-refractivity contribution in [2.45, 2.75) is 0 Å². The third-order valence-corrected chi connectivity index (χ3v) is 3.72. The molecule has 5 nitrogen and oxygen atoms in total. The summed E-state index contributed by atoms with van der Waals surface area (Å²) in [6, 6.07) is 16.1. The van der Waals surface area contributed by atoms with E-state index in [1.165, 1.54) is 0 Å². The summed E-state index contributed by atoms with van der Waals surface area (Å²) in [7, 11) is 0. The largest absolute Gasteiger partial charge is 0.340 e. The molecule has 0 spiro atoms. The third kappa shape index (κ3) is 5.32. The Kier molecular flexibility index (Phi) is 5.71. The summed E-state index contributed by atoms with van der Waals surface area (Å²) in [6.07, 6.45) is 1.63. The van der Waals surface area contributed by atoms with Crippen molar-refractivity contribution in [2.24, 2.45) is 5.10 Å². The highest BCUT2D eigenvalue weighted by atomic mass is 35.5. The molecule has 0 unspecified atom stereocenters. The highest BCUT2D eigenvalue weighted by Gasteiger charge is 2.03. The van der Waals surface area contributed by atoms with E-state index in [1.807, 2.05) is 24.3 Å². The summed E-state index contributed by atoms with van der Waals surface area (Å²) in [5.41, 5.74) is 4.42. The predicted octanol–water partition coefficient (Wildman–Crippen LogP) is 5.63. The van der Waals surface area contributed by atoms with Crippen LogP contribution in [0, 0.1) is 0 Å². The van der Waals surface area contributed by atoms with Crippen LogP contribution in [-0.4, -0.2) is 16.2 Å². The van der Waals surface area contributed by atoms with Gasteiger partial charge in [-0.05, 0) is 35.9 Å². The number of halogens is 3. The molecule has 2 aromatic carbocycles. The lowest BCUT2D eigenvalue weighted by molar-refractivity contribution is 1.12. The Morgan fingerprint density at radius 3 is 2.44 bits per heavy atom. The summed E-state index contributed by atoms with van der Waals surface area (Å²) in [4.78, 5) is 8.39. The minimum Gasteiger partial charge on any atom is -0.340 e. The van der Waals surface area contributed by atoms with Gasteiger partial charge in [0, 0.05) is 21.8 Å². The fraction of sp³-hybridized carbons (Fsp3) is 0. The summed E-state index contributed by atoms with van der Waals surface area (Å²) < 4.78 is 0. The van der Waals surface area contributed by atoms with Crippen LogP contribution in [0.4, 0.5) is 17.5 Å². The maximum absolute atomic E-state index is 6.04. The number of hydrogen-bond acceptors (Lipinski definition) is 5. The van der Waals surface area contributed by atoms with E-state index in [2.05, 4.69) is 25.8 Å². The summed E-state index contributed by atoms with van der Waals surface area (Å²) in [5, 5.41) is 8.78. The van der Waals surface area contributed by atoms with Crippen LogP contribution in [0.5, 0.6) is 0 Å². The molecule has 0 saturated heterocycles. The minimum absolute atomic E-state index is 0.266. The van der Waals surface area contributed by atoms with Gasteiger partial charge in [0.15, 0.2) is 0 Å². The van der Waals surface area contributed by atoms with Gasteiger partial charge in [-0.25, -0.2) is 5.43 Å². The lowest BCUT2D eigenvalue weighted by atomic mass is 10.2. The van der Waals surface area contributed by atoms with Crippen LogP contribution < -0.4 is 10.7 Å². The van der Waals surface area contributed by atoms with Crippen LogP contribution in [-0.2, 0) is 0 Å². The SMILES string of the molecule is Clc1ccc(/C=N/Nc2nc(Cl)cc(Nc3cccc(Cl)c3)n2)cc1. The van der Waals surface area contributed by atoms with Crippen molar-refractivity contribution >= 4 is 58.5 Å². The van der Waals surface area contributed by atoms with Crippen LogP contribution in [0.25, 0.3) is 0 Å². The second-order valence-corrected chi connectivity index (χ2v) is 6.22. The smallest absolute Gasteiger partial charge is 0.246 e. The van der Waals surface area contributed by atoms with Crippen molar-refractivity contribution in [3.63, 3.8) is 0 Å². The molecule has 0 aliphatic rings. The molecule has 0 bridgehead atoms. The van der Waals surface area contributed by atoms with Crippen molar-refractivity contribution in [3.8, 4) is 0 Å². The van der Waals surface area contributed by atoms with E-state index in [4.69, 9.17) is 34.8 Å². The van der Waals surface area contributed by atoms with Gasteiger partial charge in [0.1, 0.15) is 11.0 Å². The highest BCUT2D eigenvalue weighted by Crippen LogP contribution is 2.21. The van der Waals surface area contributed by atoms with Crippen LogP contribution in [0.2, 0.25) is 15.2 Å². The maximum Gasteiger partial charge on any atom is 0.246 e. The minimum atomic E-state index is 0.266. The molecule has 0 radical (unpaired) electrons. The number of benzene rings is 2. The van der Waals surface area contributed by atoms with Crippen molar-refractivity contribution < 1.29 is 0 Å². The molecule has 8 heteroatoms. The third-order valence-electron chi connectivity index (χ3n) is 3.04. The maximum atomic E-state index is 6.04. The molecule has 1 heterocycles. The van der Waals surface area contributed by atoms with Crippen LogP contribution in [0.1, 0.15) is 5.56 Å². The number of hydrogen-bond donors (Lipinski definition) is 2. The number of anilines is 3. The van der Waals surface area contributed by atoms with Gasteiger partial charge in [-0.15, -0.1) is 0 Å². The molecule has 25 heavy (non-hydrogen) atoms. The van der Waals surface area contributed by atoms with Crippen molar-refractivity contribution in [1.82, 2.24) is 9.97 Å². The lowest BCUT2D eigenvalue weighted by Crippen LogP contribution is -2.01. The molecule has 0 aliphatic carbocycles. The average Bonchev–Trinajstić information content (AvgIpc) is 2.56. The van der Waals surface area contributed by atoms with Gasteiger partial charge < -0.3 is 5.32 Å². The number of nitrogens with zero attached hydrogens (tertiary/aromatic N) is 3. The molecular weight excluding hydrogens is 381 g/mol. The number of hydrazone groups is 1. The summed E-state index contributed by atoms with van der Waals surface area (Å²) in [5.74, 6) is 0.786. The molecule has 3 rings (SSSR count). The van der Waals surface area contributed by atoms with E-state index in [-0.39, 0.29) is 11.1 Å². The number of aromatic nitrogens is 2. The molecule has 0 aliphatic heterocycles. The van der Waals surface area contributed by atoms with E-state index >= 15 is 0 Å². The molecule has 3 aromatic rings. The topological polar surface area (TPSA) is 62.2 Å². The molecule has 1 aromatic heterocycles.